The SMILES string of the molecule is O=PC(C1CCCCC1)(C1CCCCC1)C1CCCCC1. The van der Waals surface area contributed by atoms with Crippen molar-refractivity contribution in [3.63, 3.8) is 0 Å². The van der Waals surface area contributed by atoms with E-state index in [0.29, 0.717) is 8.46 Å². The Labute approximate surface area is 132 Å². The lowest BCUT2D eigenvalue weighted by atomic mass is 9.61. The van der Waals surface area contributed by atoms with E-state index in [2.05, 4.69) is 0 Å². The van der Waals surface area contributed by atoms with Crippen molar-refractivity contribution < 1.29 is 4.57 Å². The zero-order valence-electron chi connectivity index (χ0n) is 13.7. The third-order valence-corrected chi connectivity index (χ3v) is 8.35. The van der Waals surface area contributed by atoms with Gasteiger partial charge in [0.2, 0.25) is 0 Å². The summed E-state index contributed by atoms with van der Waals surface area (Å²) < 4.78 is 12.6. The van der Waals surface area contributed by atoms with Crippen LogP contribution in [0.15, 0.2) is 0 Å². The molecule has 3 fully saturated rings. The van der Waals surface area contributed by atoms with Crippen LogP contribution in [0.2, 0.25) is 0 Å². The second-order valence-electron chi connectivity index (χ2n) is 7.98. The number of rotatable bonds is 4. The molecule has 0 unspecified atom stereocenters. The minimum Gasteiger partial charge on any atom is -0.274 e. The Morgan fingerprint density at radius 3 is 1.05 bits per heavy atom. The van der Waals surface area contributed by atoms with Crippen molar-refractivity contribution in [2.45, 2.75) is 101 Å². The van der Waals surface area contributed by atoms with Gasteiger partial charge < -0.3 is 0 Å². The Hall–Kier alpha value is 0.100. The molecule has 0 bridgehead atoms. The summed E-state index contributed by atoms with van der Waals surface area (Å²) in [5, 5.41) is 0.168. The van der Waals surface area contributed by atoms with Crippen molar-refractivity contribution in [3.8, 4) is 0 Å². The molecule has 0 atom stereocenters. The van der Waals surface area contributed by atoms with E-state index in [4.69, 9.17) is 0 Å². The van der Waals surface area contributed by atoms with Gasteiger partial charge in [0.25, 0.3) is 0 Å². The molecule has 2 heteroatoms. The van der Waals surface area contributed by atoms with E-state index in [1.54, 1.807) is 0 Å². The summed E-state index contributed by atoms with van der Waals surface area (Å²) in [5.41, 5.74) is 0. The lowest BCUT2D eigenvalue weighted by Crippen LogP contribution is -2.48. The first-order valence-electron chi connectivity index (χ1n) is 9.72. The van der Waals surface area contributed by atoms with Crippen LogP contribution in [0.5, 0.6) is 0 Å². The van der Waals surface area contributed by atoms with Crippen molar-refractivity contribution in [3.05, 3.63) is 0 Å². The molecule has 3 aliphatic carbocycles. The largest absolute Gasteiger partial charge is 0.274 e. The molecule has 0 amide bonds. The summed E-state index contributed by atoms with van der Waals surface area (Å²) in [6, 6.07) is 0. The van der Waals surface area contributed by atoms with Crippen LogP contribution in [0.3, 0.4) is 0 Å². The van der Waals surface area contributed by atoms with Crippen LogP contribution in [0, 0.1) is 17.8 Å². The van der Waals surface area contributed by atoms with Gasteiger partial charge in [-0.1, -0.05) is 57.8 Å². The molecular formula is C19H33OP. The number of hydrogen-bond donors (Lipinski definition) is 0. The van der Waals surface area contributed by atoms with Gasteiger partial charge in [-0.3, -0.25) is 4.57 Å². The molecule has 120 valence electrons. The molecule has 21 heavy (non-hydrogen) atoms. The van der Waals surface area contributed by atoms with E-state index in [9.17, 15) is 4.57 Å². The summed E-state index contributed by atoms with van der Waals surface area (Å²) in [6.07, 6.45) is 20.8. The fourth-order valence-electron chi connectivity index (χ4n) is 5.92. The first kappa shape index (κ1) is 16.0. The molecule has 0 aromatic rings. The maximum absolute atomic E-state index is 12.6. The molecule has 0 aliphatic heterocycles. The highest BCUT2D eigenvalue weighted by molar-refractivity contribution is 7.26. The van der Waals surface area contributed by atoms with E-state index < -0.39 is 0 Å². The standard InChI is InChI=1S/C19H33OP/c20-21-19(16-10-4-1-5-11-16,17-12-6-2-7-13-17)18-14-8-3-9-15-18/h16-18H,1-15H2. The van der Waals surface area contributed by atoms with E-state index in [-0.39, 0.29) is 5.16 Å². The maximum Gasteiger partial charge on any atom is 0.162 e. The fourth-order valence-corrected chi connectivity index (χ4v) is 7.14. The lowest BCUT2D eigenvalue weighted by Gasteiger charge is -2.50. The Balaban J connectivity index is 1.87. The predicted octanol–water partition coefficient (Wildman–Crippen LogP) is 6.76. The van der Waals surface area contributed by atoms with Gasteiger partial charge in [0, 0.05) is 0 Å². The summed E-state index contributed by atoms with van der Waals surface area (Å²) in [5.74, 6) is 2.28. The van der Waals surface area contributed by atoms with Crippen molar-refractivity contribution in [1.82, 2.24) is 0 Å². The molecule has 0 radical (unpaired) electrons. The molecule has 3 saturated carbocycles. The average Bonchev–Trinajstić information content (AvgIpc) is 2.59. The molecule has 3 rings (SSSR count). The Morgan fingerprint density at radius 1 is 0.524 bits per heavy atom. The van der Waals surface area contributed by atoms with Crippen LogP contribution in [-0.4, -0.2) is 5.16 Å². The fraction of sp³-hybridized carbons (Fsp3) is 1.00. The molecule has 0 aromatic carbocycles. The van der Waals surface area contributed by atoms with E-state index in [1.165, 1.54) is 96.3 Å². The van der Waals surface area contributed by atoms with Crippen LogP contribution in [0.1, 0.15) is 96.3 Å². The van der Waals surface area contributed by atoms with Gasteiger partial charge in [0.15, 0.2) is 8.46 Å². The van der Waals surface area contributed by atoms with E-state index in [1.807, 2.05) is 0 Å². The van der Waals surface area contributed by atoms with Gasteiger partial charge in [-0.05, 0) is 56.3 Å². The highest BCUT2D eigenvalue weighted by Gasteiger charge is 2.51. The van der Waals surface area contributed by atoms with Gasteiger partial charge >= 0.3 is 0 Å². The van der Waals surface area contributed by atoms with E-state index >= 15 is 0 Å². The summed E-state index contributed by atoms with van der Waals surface area (Å²) >= 11 is 0. The normalized spacial score (nSPS) is 28.0. The second kappa shape index (κ2) is 7.58. The van der Waals surface area contributed by atoms with Crippen LogP contribution in [0.4, 0.5) is 0 Å². The third kappa shape index (κ3) is 3.24. The van der Waals surface area contributed by atoms with Gasteiger partial charge in [0.1, 0.15) is 0 Å². The topological polar surface area (TPSA) is 17.1 Å². The lowest BCUT2D eigenvalue weighted by molar-refractivity contribution is 0.0946. The first-order valence-corrected chi connectivity index (χ1v) is 10.5. The molecule has 3 aliphatic rings. The average molecular weight is 308 g/mol. The molecule has 1 nitrogen and oxygen atoms in total. The van der Waals surface area contributed by atoms with Gasteiger partial charge in [-0.25, -0.2) is 0 Å². The Kier molecular flexibility index (Phi) is 5.77. The first-order chi connectivity index (χ1) is 10.4. The van der Waals surface area contributed by atoms with Gasteiger partial charge in [-0.15, -0.1) is 0 Å². The minimum absolute atomic E-state index is 0.168. The van der Waals surface area contributed by atoms with Crippen molar-refractivity contribution in [2.75, 3.05) is 0 Å². The predicted molar refractivity (Wildman–Crippen MR) is 90.1 cm³/mol. The second-order valence-corrected chi connectivity index (χ2v) is 8.94. The summed E-state index contributed by atoms with van der Waals surface area (Å²) in [4.78, 5) is 0. The van der Waals surface area contributed by atoms with E-state index in [0.717, 1.165) is 17.8 Å². The van der Waals surface area contributed by atoms with Crippen LogP contribution < -0.4 is 0 Å². The van der Waals surface area contributed by atoms with Gasteiger partial charge in [-0.2, -0.15) is 0 Å². The minimum atomic E-state index is 0.168. The molecule has 0 heterocycles. The van der Waals surface area contributed by atoms with Crippen molar-refractivity contribution >= 4 is 8.46 Å². The van der Waals surface area contributed by atoms with Crippen molar-refractivity contribution in [2.24, 2.45) is 17.8 Å². The molecular weight excluding hydrogens is 275 g/mol. The Bertz CT molecular complexity index is 277. The zero-order chi connectivity index (χ0) is 14.5. The van der Waals surface area contributed by atoms with Crippen molar-refractivity contribution in [1.29, 1.82) is 0 Å². The van der Waals surface area contributed by atoms with Crippen LogP contribution in [-0.2, 0) is 4.57 Å². The molecule has 0 aromatic heterocycles. The summed E-state index contributed by atoms with van der Waals surface area (Å²) in [7, 11) is 0.524. The monoisotopic (exact) mass is 308 g/mol. The third-order valence-electron chi connectivity index (χ3n) is 6.94. The van der Waals surface area contributed by atoms with Crippen LogP contribution in [0.25, 0.3) is 0 Å². The highest BCUT2D eigenvalue weighted by atomic mass is 31.1. The highest BCUT2D eigenvalue weighted by Crippen LogP contribution is 2.57. The number of hydrogen-bond acceptors (Lipinski definition) is 1. The molecule has 0 spiro atoms. The molecule has 0 saturated heterocycles. The molecule has 0 N–H and O–H groups in total. The zero-order valence-corrected chi connectivity index (χ0v) is 14.6. The quantitative estimate of drug-likeness (QED) is 0.524. The maximum atomic E-state index is 12.6. The van der Waals surface area contributed by atoms with Crippen LogP contribution >= 0.6 is 8.46 Å². The Morgan fingerprint density at radius 2 is 0.810 bits per heavy atom. The smallest absolute Gasteiger partial charge is 0.162 e. The van der Waals surface area contributed by atoms with Gasteiger partial charge in [0.05, 0.1) is 5.16 Å². The summed E-state index contributed by atoms with van der Waals surface area (Å²) in [6.45, 7) is 0.